The van der Waals surface area contributed by atoms with Crippen LogP contribution in [0.2, 0.25) is 0 Å². The fourth-order valence-corrected chi connectivity index (χ4v) is 2.50. The first-order chi connectivity index (χ1) is 8.32. The molecule has 1 heterocycles. The van der Waals surface area contributed by atoms with Crippen LogP contribution in [0.5, 0.6) is 5.88 Å². The van der Waals surface area contributed by atoms with Crippen molar-refractivity contribution >= 4 is 0 Å². The Balaban J connectivity index is 2.39. The van der Waals surface area contributed by atoms with E-state index in [-0.39, 0.29) is 11.5 Å². The number of nitrogens with zero attached hydrogens (tertiary/aromatic N) is 1. The molecular formula is C12H17FN2O3. The van der Waals surface area contributed by atoms with Crippen molar-refractivity contribution in [3.05, 3.63) is 26.7 Å². The number of aromatic hydroxyl groups is 1. The zero-order chi connectivity index (χ0) is 13.5. The van der Waals surface area contributed by atoms with E-state index >= 15 is 0 Å². The van der Waals surface area contributed by atoms with Gasteiger partial charge in [0.05, 0.1) is 0 Å². The minimum Gasteiger partial charge on any atom is -0.492 e. The molecular weight excluding hydrogens is 239 g/mol. The van der Waals surface area contributed by atoms with E-state index in [9.17, 15) is 19.1 Å². The lowest BCUT2D eigenvalue weighted by Crippen LogP contribution is -2.36. The third-order valence-electron chi connectivity index (χ3n) is 3.74. The monoisotopic (exact) mass is 256 g/mol. The summed E-state index contributed by atoms with van der Waals surface area (Å²) in [5.41, 5.74) is -1.72. The smallest absolute Gasteiger partial charge is 0.331 e. The van der Waals surface area contributed by atoms with Crippen LogP contribution in [0.25, 0.3) is 0 Å². The van der Waals surface area contributed by atoms with Gasteiger partial charge >= 0.3 is 5.69 Å². The number of aromatic amines is 1. The van der Waals surface area contributed by atoms with Crippen LogP contribution in [0.4, 0.5) is 4.39 Å². The number of H-pyrrole nitrogens is 1. The fraction of sp³-hybridized carbons (Fsp3) is 0.667. The molecule has 0 atom stereocenters. The Morgan fingerprint density at radius 3 is 2.44 bits per heavy atom. The molecule has 18 heavy (non-hydrogen) atoms. The third kappa shape index (κ3) is 2.19. The second-order valence-electron chi connectivity index (χ2n) is 5.66. The molecule has 0 unspecified atom stereocenters. The minimum absolute atomic E-state index is 0.205. The van der Waals surface area contributed by atoms with Crippen molar-refractivity contribution in [3.8, 4) is 5.88 Å². The van der Waals surface area contributed by atoms with Crippen molar-refractivity contribution in [1.82, 2.24) is 9.55 Å². The standard InChI is InChI=1S/C12H17FN2O3/c1-12(2)5-3-7(4-6-12)15-10(17)8(13)9(16)14-11(15)18/h7,17H,3-6H2,1-2H3,(H,14,16,18). The van der Waals surface area contributed by atoms with Crippen LogP contribution in [-0.4, -0.2) is 14.7 Å². The molecule has 2 N–H and O–H groups in total. The van der Waals surface area contributed by atoms with Gasteiger partial charge in [-0.15, -0.1) is 0 Å². The molecule has 1 saturated carbocycles. The number of halogens is 1. The van der Waals surface area contributed by atoms with Crippen molar-refractivity contribution in [2.75, 3.05) is 0 Å². The van der Waals surface area contributed by atoms with Gasteiger partial charge in [-0.3, -0.25) is 14.3 Å². The van der Waals surface area contributed by atoms with E-state index in [0.29, 0.717) is 12.8 Å². The number of nitrogens with one attached hydrogen (secondary N) is 1. The van der Waals surface area contributed by atoms with Crippen LogP contribution >= 0.6 is 0 Å². The molecule has 5 nitrogen and oxygen atoms in total. The summed E-state index contributed by atoms with van der Waals surface area (Å²) >= 11 is 0. The lowest BCUT2D eigenvalue weighted by Gasteiger charge is -2.35. The van der Waals surface area contributed by atoms with Gasteiger partial charge < -0.3 is 5.11 Å². The van der Waals surface area contributed by atoms with Crippen LogP contribution in [-0.2, 0) is 0 Å². The molecule has 0 aliphatic heterocycles. The summed E-state index contributed by atoms with van der Waals surface area (Å²) in [6.45, 7) is 4.28. The lowest BCUT2D eigenvalue weighted by atomic mass is 9.75. The molecule has 1 aliphatic rings. The minimum atomic E-state index is -1.29. The average Bonchev–Trinajstić information content (AvgIpc) is 2.28. The molecule has 0 saturated heterocycles. The van der Waals surface area contributed by atoms with Crippen LogP contribution in [0.3, 0.4) is 0 Å². The van der Waals surface area contributed by atoms with Gasteiger partial charge in [0.2, 0.25) is 11.7 Å². The van der Waals surface area contributed by atoms with Gasteiger partial charge in [0.1, 0.15) is 0 Å². The molecule has 6 heteroatoms. The molecule has 0 aromatic carbocycles. The summed E-state index contributed by atoms with van der Waals surface area (Å²) in [5.74, 6) is -2.15. The molecule has 0 radical (unpaired) electrons. The Labute approximate surface area is 103 Å². The SMILES string of the molecule is CC1(C)CCC(n2c(O)c(F)c(=O)[nH]c2=O)CC1. The predicted molar refractivity (Wildman–Crippen MR) is 64.2 cm³/mol. The molecule has 1 aromatic rings. The Morgan fingerprint density at radius 2 is 1.89 bits per heavy atom. The van der Waals surface area contributed by atoms with Crippen molar-refractivity contribution in [3.63, 3.8) is 0 Å². The third-order valence-corrected chi connectivity index (χ3v) is 3.74. The molecule has 100 valence electrons. The molecule has 0 bridgehead atoms. The van der Waals surface area contributed by atoms with Crippen molar-refractivity contribution < 1.29 is 9.50 Å². The topological polar surface area (TPSA) is 75.1 Å². The van der Waals surface area contributed by atoms with E-state index in [1.807, 2.05) is 4.98 Å². The van der Waals surface area contributed by atoms with E-state index in [2.05, 4.69) is 13.8 Å². The number of rotatable bonds is 1. The Bertz CT molecular complexity index is 564. The highest BCUT2D eigenvalue weighted by atomic mass is 19.1. The quantitative estimate of drug-likeness (QED) is 0.800. The zero-order valence-electron chi connectivity index (χ0n) is 10.5. The normalized spacial score (nSPS) is 19.9. The average molecular weight is 256 g/mol. The Hall–Kier alpha value is -1.59. The fourth-order valence-electron chi connectivity index (χ4n) is 2.50. The first kappa shape index (κ1) is 12.9. The molecule has 1 aliphatic carbocycles. The van der Waals surface area contributed by atoms with Gasteiger partial charge in [-0.1, -0.05) is 13.8 Å². The maximum atomic E-state index is 13.3. The summed E-state index contributed by atoms with van der Waals surface area (Å²) in [6, 6.07) is -0.253. The Kier molecular flexibility index (Phi) is 3.04. The van der Waals surface area contributed by atoms with Crippen LogP contribution < -0.4 is 11.2 Å². The van der Waals surface area contributed by atoms with Crippen molar-refractivity contribution in [2.24, 2.45) is 5.41 Å². The van der Waals surface area contributed by atoms with Crippen LogP contribution in [0, 0.1) is 11.2 Å². The van der Waals surface area contributed by atoms with Gasteiger partial charge in [0, 0.05) is 6.04 Å². The summed E-state index contributed by atoms with van der Waals surface area (Å²) in [6.07, 6.45) is 3.16. The van der Waals surface area contributed by atoms with E-state index in [1.165, 1.54) is 0 Å². The van der Waals surface area contributed by atoms with E-state index in [4.69, 9.17) is 0 Å². The zero-order valence-corrected chi connectivity index (χ0v) is 10.5. The molecule has 2 rings (SSSR count). The second-order valence-corrected chi connectivity index (χ2v) is 5.66. The highest BCUT2D eigenvalue weighted by molar-refractivity contribution is 5.11. The Morgan fingerprint density at radius 1 is 1.33 bits per heavy atom. The lowest BCUT2D eigenvalue weighted by molar-refractivity contribution is 0.179. The largest absolute Gasteiger partial charge is 0.492 e. The van der Waals surface area contributed by atoms with E-state index in [0.717, 1.165) is 17.4 Å². The van der Waals surface area contributed by atoms with Gasteiger partial charge in [-0.2, -0.15) is 4.39 Å². The molecule has 1 fully saturated rings. The number of hydrogen-bond donors (Lipinski definition) is 2. The molecule has 0 amide bonds. The maximum absolute atomic E-state index is 13.3. The van der Waals surface area contributed by atoms with E-state index < -0.39 is 22.9 Å². The first-order valence-electron chi connectivity index (χ1n) is 6.05. The van der Waals surface area contributed by atoms with Gasteiger partial charge in [0.15, 0.2) is 0 Å². The number of aromatic nitrogens is 2. The van der Waals surface area contributed by atoms with E-state index in [1.54, 1.807) is 0 Å². The molecule has 0 spiro atoms. The summed E-state index contributed by atoms with van der Waals surface area (Å²) in [5, 5.41) is 9.61. The van der Waals surface area contributed by atoms with Gasteiger partial charge in [0.25, 0.3) is 5.56 Å². The summed E-state index contributed by atoms with van der Waals surface area (Å²) in [4.78, 5) is 24.5. The highest BCUT2D eigenvalue weighted by Crippen LogP contribution is 2.40. The van der Waals surface area contributed by atoms with Crippen molar-refractivity contribution in [1.29, 1.82) is 0 Å². The summed E-state index contributed by atoms with van der Waals surface area (Å²) < 4.78 is 14.3. The summed E-state index contributed by atoms with van der Waals surface area (Å²) in [7, 11) is 0. The van der Waals surface area contributed by atoms with Crippen LogP contribution in [0.1, 0.15) is 45.6 Å². The van der Waals surface area contributed by atoms with Gasteiger partial charge in [-0.25, -0.2) is 4.79 Å². The maximum Gasteiger partial charge on any atom is 0.331 e. The number of hydrogen-bond acceptors (Lipinski definition) is 3. The van der Waals surface area contributed by atoms with Crippen molar-refractivity contribution in [2.45, 2.75) is 45.6 Å². The predicted octanol–water partition coefficient (Wildman–Crippen LogP) is 1.52. The second kappa shape index (κ2) is 4.26. The first-order valence-corrected chi connectivity index (χ1v) is 6.05. The molecule has 1 aromatic heterocycles. The highest BCUT2D eigenvalue weighted by Gasteiger charge is 2.30. The van der Waals surface area contributed by atoms with Crippen LogP contribution in [0.15, 0.2) is 9.59 Å². The van der Waals surface area contributed by atoms with Gasteiger partial charge in [-0.05, 0) is 31.1 Å².